The van der Waals surface area contributed by atoms with Crippen molar-refractivity contribution in [1.29, 1.82) is 0 Å². The zero-order valence-corrected chi connectivity index (χ0v) is 29.1. The van der Waals surface area contributed by atoms with Gasteiger partial charge in [0.15, 0.2) is 12.1 Å². The standard InChI is InChI=1S/C31H52N6O14/c1-15-11-23(42)33-19(8-6-10-37(4)14-39)25(43)16(2)22(41)12-18(17(3)40)27(45)34-20(7-5-9-32)28(46)35-21(13-38)29(47)36-24(31(50)51-15)26(44)30(48)49/h14-21,24-26,38,40,43-44H,5-13,32H2,1-4H3,(H,33,42)(H,34,45)(H,35,46)(H,36,47)(H,48,49). The SMILES string of the molecule is CC1CC(=O)NC(CCCN(C)C=O)C(O)C(C)C(=O)CC(C(C)O)C(=O)NC(CCCN)C(=O)NC(CO)C(=O)NC(C(O)C(=O)O)C(=O)O1. The zero-order chi connectivity index (χ0) is 39.0. The molecule has 0 aromatic carbocycles. The van der Waals surface area contributed by atoms with Crippen LogP contribution in [0.15, 0.2) is 0 Å². The molecule has 290 valence electrons. The number of carbonyl (C=O) groups excluding carboxylic acids is 7. The summed E-state index contributed by atoms with van der Waals surface area (Å²) in [5.41, 5.74) is 5.57. The largest absolute Gasteiger partial charge is 0.479 e. The van der Waals surface area contributed by atoms with Crippen molar-refractivity contribution in [2.75, 3.05) is 26.7 Å². The molecule has 1 fully saturated rings. The van der Waals surface area contributed by atoms with Crippen LogP contribution in [0.4, 0.5) is 0 Å². The number of aliphatic hydroxyl groups excluding tert-OH is 4. The van der Waals surface area contributed by atoms with Crippen molar-refractivity contribution >= 4 is 47.8 Å². The number of carboxylic acid groups (broad SMARTS) is 1. The molecule has 0 bridgehead atoms. The van der Waals surface area contributed by atoms with Crippen LogP contribution in [-0.2, 0) is 43.1 Å². The number of amides is 5. The van der Waals surface area contributed by atoms with Crippen LogP contribution in [0, 0.1) is 11.8 Å². The lowest BCUT2D eigenvalue weighted by atomic mass is 9.85. The molecule has 20 nitrogen and oxygen atoms in total. The topological polar surface area (TPSA) is 324 Å². The molecule has 0 spiro atoms. The summed E-state index contributed by atoms with van der Waals surface area (Å²) in [5.74, 6) is -10.9. The Morgan fingerprint density at radius 2 is 1.57 bits per heavy atom. The zero-order valence-electron chi connectivity index (χ0n) is 29.1. The Balaban J connectivity index is 3.63. The summed E-state index contributed by atoms with van der Waals surface area (Å²) in [5, 5.41) is 60.2. The number of carbonyl (C=O) groups is 8. The predicted octanol–water partition coefficient (Wildman–Crippen LogP) is -4.74. The van der Waals surface area contributed by atoms with Gasteiger partial charge in [-0.3, -0.25) is 28.8 Å². The van der Waals surface area contributed by atoms with Gasteiger partial charge >= 0.3 is 11.9 Å². The fourth-order valence-electron chi connectivity index (χ4n) is 5.20. The van der Waals surface area contributed by atoms with Crippen LogP contribution in [0.3, 0.4) is 0 Å². The van der Waals surface area contributed by atoms with E-state index in [1.807, 2.05) is 5.32 Å². The minimum absolute atomic E-state index is 0.0556. The van der Waals surface area contributed by atoms with Gasteiger partial charge in [0.25, 0.3) is 0 Å². The van der Waals surface area contributed by atoms with Gasteiger partial charge in [-0.25, -0.2) is 9.59 Å². The molecule has 5 amide bonds. The van der Waals surface area contributed by atoms with Crippen molar-refractivity contribution in [3.05, 3.63) is 0 Å². The number of ether oxygens (including phenoxy) is 1. The van der Waals surface area contributed by atoms with E-state index in [0.717, 1.165) is 0 Å². The number of aliphatic carboxylic acids is 1. The van der Waals surface area contributed by atoms with Crippen LogP contribution < -0.4 is 27.0 Å². The van der Waals surface area contributed by atoms with E-state index < -0.39 is 121 Å². The molecular formula is C31H52N6O14. The van der Waals surface area contributed by atoms with Crippen LogP contribution in [0.1, 0.15) is 59.3 Å². The van der Waals surface area contributed by atoms with Crippen molar-refractivity contribution in [1.82, 2.24) is 26.2 Å². The van der Waals surface area contributed by atoms with Crippen molar-refractivity contribution in [3.63, 3.8) is 0 Å². The van der Waals surface area contributed by atoms with E-state index >= 15 is 0 Å². The molecule has 0 saturated carbocycles. The van der Waals surface area contributed by atoms with Crippen molar-refractivity contribution < 1.29 is 68.6 Å². The summed E-state index contributed by atoms with van der Waals surface area (Å²) in [6.07, 6.45) is -7.06. The number of rotatable bonds is 12. The number of aliphatic hydroxyl groups is 4. The molecule has 51 heavy (non-hydrogen) atoms. The van der Waals surface area contributed by atoms with E-state index in [0.29, 0.717) is 6.41 Å². The highest BCUT2D eigenvalue weighted by molar-refractivity contribution is 5.96. The molecule has 1 saturated heterocycles. The Morgan fingerprint density at radius 3 is 2.12 bits per heavy atom. The second-order valence-electron chi connectivity index (χ2n) is 12.7. The Kier molecular flexibility index (Phi) is 19.2. The van der Waals surface area contributed by atoms with Crippen LogP contribution in [0.5, 0.6) is 0 Å². The van der Waals surface area contributed by atoms with E-state index in [4.69, 9.17) is 10.5 Å². The maximum absolute atomic E-state index is 13.4. The molecule has 0 aromatic heterocycles. The number of cyclic esters (lactones) is 1. The fraction of sp³-hybridized carbons (Fsp3) is 0.742. The van der Waals surface area contributed by atoms with Gasteiger partial charge in [-0.05, 0) is 46.1 Å². The highest BCUT2D eigenvalue weighted by atomic mass is 16.5. The molecule has 10 atom stereocenters. The van der Waals surface area contributed by atoms with Gasteiger partial charge in [0.05, 0.1) is 37.2 Å². The minimum atomic E-state index is -2.57. The van der Waals surface area contributed by atoms with Crippen molar-refractivity contribution in [2.45, 2.75) is 108 Å². The number of ketones is 1. The van der Waals surface area contributed by atoms with Gasteiger partial charge in [0.2, 0.25) is 30.0 Å². The third-order valence-corrected chi connectivity index (χ3v) is 8.38. The molecule has 1 rings (SSSR count). The molecule has 11 N–H and O–H groups in total. The summed E-state index contributed by atoms with van der Waals surface area (Å²) < 4.78 is 5.14. The molecule has 1 aliphatic rings. The summed E-state index contributed by atoms with van der Waals surface area (Å²) in [4.78, 5) is 103. The number of esters is 1. The maximum atomic E-state index is 13.4. The molecule has 0 aliphatic carbocycles. The number of carboxylic acids is 1. The first-order valence-electron chi connectivity index (χ1n) is 16.5. The van der Waals surface area contributed by atoms with Gasteiger partial charge in [0, 0.05) is 25.9 Å². The number of nitrogens with zero attached hydrogens (tertiary/aromatic N) is 1. The first kappa shape index (κ1) is 44.8. The fourth-order valence-corrected chi connectivity index (χ4v) is 5.20. The summed E-state index contributed by atoms with van der Waals surface area (Å²) in [7, 11) is 1.51. The maximum Gasteiger partial charge on any atom is 0.335 e. The average Bonchev–Trinajstić information content (AvgIpc) is 3.07. The molecule has 10 unspecified atom stereocenters. The van der Waals surface area contributed by atoms with Crippen LogP contribution >= 0.6 is 0 Å². The van der Waals surface area contributed by atoms with Crippen LogP contribution in [-0.4, -0.2) is 154 Å². The van der Waals surface area contributed by atoms with E-state index in [-0.39, 0.29) is 38.8 Å². The van der Waals surface area contributed by atoms with E-state index in [2.05, 4.69) is 16.0 Å². The monoisotopic (exact) mass is 732 g/mol. The number of nitrogens with one attached hydrogen (secondary N) is 4. The Hall–Kier alpha value is -4.24. The quantitative estimate of drug-likeness (QED) is 0.0665. The van der Waals surface area contributed by atoms with Gasteiger partial charge < -0.3 is 62.2 Å². The summed E-state index contributed by atoms with van der Waals surface area (Å²) in [6.45, 7) is 3.03. The average molecular weight is 733 g/mol. The first-order valence-corrected chi connectivity index (χ1v) is 16.5. The molecular weight excluding hydrogens is 680 g/mol. The Labute approximate surface area is 294 Å². The number of nitrogens with two attached hydrogens (primary N) is 1. The molecule has 1 heterocycles. The lowest BCUT2D eigenvalue weighted by Crippen LogP contribution is -2.60. The van der Waals surface area contributed by atoms with Crippen LogP contribution in [0.25, 0.3) is 0 Å². The Morgan fingerprint density at radius 1 is 0.961 bits per heavy atom. The lowest BCUT2D eigenvalue weighted by Gasteiger charge is -2.30. The second-order valence-corrected chi connectivity index (χ2v) is 12.7. The number of hydrogen-bond donors (Lipinski definition) is 10. The van der Waals surface area contributed by atoms with Gasteiger partial charge in [0.1, 0.15) is 24.0 Å². The number of Topliss-reactive ketones (excluding diaryl/α,β-unsaturated/α-hetero) is 1. The highest BCUT2D eigenvalue weighted by Crippen LogP contribution is 2.20. The molecule has 0 radical (unpaired) electrons. The normalized spacial score (nSPS) is 29.2. The van der Waals surface area contributed by atoms with E-state index in [9.17, 15) is 63.9 Å². The van der Waals surface area contributed by atoms with E-state index in [1.54, 1.807) is 0 Å². The third-order valence-electron chi connectivity index (χ3n) is 8.38. The van der Waals surface area contributed by atoms with Crippen LogP contribution in [0.2, 0.25) is 0 Å². The smallest absolute Gasteiger partial charge is 0.335 e. The van der Waals surface area contributed by atoms with Gasteiger partial charge in [-0.15, -0.1) is 0 Å². The molecule has 0 aromatic rings. The summed E-state index contributed by atoms with van der Waals surface area (Å²) >= 11 is 0. The third kappa shape index (κ3) is 14.5. The van der Waals surface area contributed by atoms with Gasteiger partial charge in [-0.1, -0.05) is 6.92 Å². The van der Waals surface area contributed by atoms with Crippen molar-refractivity contribution in [2.24, 2.45) is 17.6 Å². The van der Waals surface area contributed by atoms with Crippen molar-refractivity contribution in [3.8, 4) is 0 Å². The Bertz CT molecular complexity index is 1240. The summed E-state index contributed by atoms with van der Waals surface area (Å²) in [6, 6.07) is -6.65. The first-order chi connectivity index (χ1) is 23.9. The van der Waals surface area contributed by atoms with E-state index in [1.165, 1.54) is 32.7 Å². The molecule has 1 aliphatic heterocycles. The van der Waals surface area contributed by atoms with Gasteiger partial charge in [-0.2, -0.15) is 0 Å². The predicted molar refractivity (Wildman–Crippen MR) is 175 cm³/mol. The highest BCUT2D eigenvalue weighted by Gasteiger charge is 2.39. The minimum Gasteiger partial charge on any atom is -0.479 e. The second kappa shape index (κ2) is 21.9. The lowest BCUT2D eigenvalue weighted by molar-refractivity contribution is -0.164. The molecule has 20 heteroatoms. The number of hydrogen-bond acceptors (Lipinski definition) is 14.